The quantitative estimate of drug-likeness (QED) is 0.901. The second kappa shape index (κ2) is 5.50. The predicted octanol–water partition coefficient (Wildman–Crippen LogP) is 1.97. The molecule has 3 nitrogen and oxygen atoms in total. The van der Waals surface area contributed by atoms with Gasteiger partial charge in [0.1, 0.15) is 0 Å². The summed E-state index contributed by atoms with van der Waals surface area (Å²) in [5, 5.41) is 3.29. The Kier molecular flexibility index (Phi) is 3.84. The molecule has 1 saturated heterocycles. The van der Waals surface area contributed by atoms with E-state index in [4.69, 9.17) is 0 Å². The van der Waals surface area contributed by atoms with Crippen LogP contribution in [0.1, 0.15) is 11.1 Å². The van der Waals surface area contributed by atoms with Crippen molar-refractivity contribution in [2.75, 3.05) is 44.7 Å². The van der Waals surface area contributed by atoms with E-state index in [-0.39, 0.29) is 6.04 Å². The van der Waals surface area contributed by atoms with Gasteiger partial charge in [0.15, 0.2) is 0 Å². The van der Waals surface area contributed by atoms with E-state index in [9.17, 15) is 13.2 Å². The molecule has 3 rings (SSSR count). The van der Waals surface area contributed by atoms with Gasteiger partial charge in [-0.15, -0.1) is 0 Å². The Morgan fingerprint density at radius 1 is 1.24 bits per heavy atom. The minimum absolute atomic E-state index is 0.126. The predicted molar refractivity (Wildman–Crippen MR) is 76.6 cm³/mol. The summed E-state index contributed by atoms with van der Waals surface area (Å²) < 4.78 is 39.4. The Labute approximate surface area is 122 Å². The molecule has 0 aromatic heterocycles. The fraction of sp³-hybridized carbons (Fsp3) is 0.600. The van der Waals surface area contributed by atoms with E-state index in [1.54, 1.807) is 6.07 Å². The van der Waals surface area contributed by atoms with Crippen LogP contribution in [0.4, 0.5) is 18.9 Å². The van der Waals surface area contributed by atoms with Crippen LogP contribution >= 0.6 is 0 Å². The number of anilines is 1. The van der Waals surface area contributed by atoms with Gasteiger partial charge in [-0.1, -0.05) is 6.07 Å². The van der Waals surface area contributed by atoms with Crippen LogP contribution < -0.4 is 10.2 Å². The molecule has 2 aliphatic heterocycles. The van der Waals surface area contributed by atoms with Gasteiger partial charge in [0.2, 0.25) is 0 Å². The molecular weight excluding hydrogens is 279 g/mol. The number of nitrogens with one attached hydrogen (secondary N) is 1. The molecule has 2 heterocycles. The van der Waals surface area contributed by atoms with Crippen LogP contribution in [0.3, 0.4) is 0 Å². The number of nitrogens with zero attached hydrogens (tertiary/aromatic N) is 2. The number of hydrogen-bond acceptors (Lipinski definition) is 3. The highest BCUT2D eigenvalue weighted by molar-refractivity contribution is 5.62. The van der Waals surface area contributed by atoms with E-state index >= 15 is 0 Å². The molecule has 1 fully saturated rings. The summed E-state index contributed by atoms with van der Waals surface area (Å²) in [6.07, 6.45) is -3.79. The second-order valence-electron chi connectivity index (χ2n) is 5.82. The van der Waals surface area contributed by atoms with Crippen LogP contribution in [0.25, 0.3) is 0 Å². The molecule has 6 heteroatoms. The van der Waals surface area contributed by atoms with Crippen molar-refractivity contribution in [2.45, 2.75) is 18.6 Å². The van der Waals surface area contributed by atoms with E-state index in [0.717, 1.165) is 38.4 Å². The topological polar surface area (TPSA) is 18.5 Å². The molecule has 1 aromatic rings. The normalized spacial score (nSPS) is 23.4. The van der Waals surface area contributed by atoms with Gasteiger partial charge in [-0.05, 0) is 24.1 Å². The summed E-state index contributed by atoms with van der Waals surface area (Å²) in [6.45, 7) is 4.66. The largest absolute Gasteiger partial charge is 0.416 e. The molecule has 1 atom stereocenters. The molecule has 21 heavy (non-hydrogen) atoms. The summed E-state index contributed by atoms with van der Waals surface area (Å²) in [7, 11) is 1.90. The smallest absolute Gasteiger partial charge is 0.370 e. The first kappa shape index (κ1) is 14.7. The first-order chi connectivity index (χ1) is 9.97. The number of likely N-dealkylation sites (N-methyl/N-ethyl adjacent to an activating group) is 1. The van der Waals surface area contributed by atoms with Gasteiger partial charge in [-0.3, -0.25) is 4.90 Å². The van der Waals surface area contributed by atoms with Gasteiger partial charge in [0, 0.05) is 51.5 Å². The molecule has 0 amide bonds. The first-order valence-corrected chi connectivity index (χ1v) is 7.32. The molecule has 0 spiro atoms. The Morgan fingerprint density at radius 2 is 1.95 bits per heavy atom. The van der Waals surface area contributed by atoms with Gasteiger partial charge in [0.05, 0.1) is 5.56 Å². The van der Waals surface area contributed by atoms with E-state index in [1.165, 1.54) is 12.1 Å². The SMILES string of the molecule is CN1c2cccc(C(F)(F)F)c2CC1CN1CCNCC1. The molecule has 2 aliphatic rings. The standard InChI is InChI=1S/C15H20F3N3/c1-20-11(10-21-7-5-19-6-8-21)9-12-13(15(16,17)18)3-2-4-14(12)20/h2-4,11,19H,5-10H2,1H3. The fourth-order valence-electron chi connectivity index (χ4n) is 3.33. The fourth-order valence-corrected chi connectivity index (χ4v) is 3.33. The van der Waals surface area contributed by atoms with Crippen molar-refractivity contribution in [3.05, 3.63) is 29.3 Å². The van der Waals surface area contributed by atoms with Crippen LogP contribution in [-0.4, -0.2) is 50.7 Å². The van der Waals surface area contributed by atoms with E-state index < -0.39 is 11.7 Å². The van der Waals surface area contributed by atoms with Crippen LogP contribution in [0, 0.1) is 0 Å². The van der Waals surface area contributed by atoms with Crippen molar-refractivity contribution in [3.8, 4) is 0 Å². The zero-order valence-electron chi connectivity index (χ0n) is 12.1. The first-order valence-electron chi connectivity index (χ1n) is 7.32. The molecule has 0 saturated carbocycles. The highest BCUT2D eigenvalue weighted by atomic mass is 19.4. The van der Waals surface area contributed by atoms with Crippen molar-refractivity contribution in [1.29, 1.82) is 0 Å². The molecule has 0 radical (unpaired) electrons. The third kappa shape index (κ3) is 2.87. The lowest BCUT2D eigenvalue weighted by Gasteiger charge is -2.32. The van der Waals surface area contributed by atoms with Gasteiger partial charge in [0.25, 0.3) is 0 Å². The average molecular weight is 299 g/mol. The zero-order chi connectivity index (χ0) is 15.0. The Morgan fingerprint density at radius 3 is 2.62 bits per heavy atom. The third-order valence-corrected chi connectivity index (χ3v) is 4.50. The number of alkyl halides is 3. The molecular formula is C15H20F3N3. The van der Waals surface area contributed by atoms with Crippen molar-refractivity contribution in [3.63, 3.8) is 0 Å². The summed E-state index contributed by atoms with van der Waals surface area (Å²) in [4.78, 5) is 4.34. The summed E-state index contributed by atoms with van der Waals surface area (Å²) in [5.41, 5.74) is 0.701. The number of fused-ring (bicyclic) bond motifs is 1. The van der Waals surface area contributed by atoms with Crippen molar-refractivity contribution < 1.29 is 13.2 Å². The highest BCUT2D eigenvalue weighted by Gasteiger charge is 2.39. The lowest BCUT2D eigenvalue weighted by Crippen LogP contribution is -2.49. The van der Waals surface area contributed by atoms with Crippen LogP contribution in [0.5, 0.6) is 0 Å². The lowest BCUT2D eigenvalue weighted by molar-refractivity contribution is -0.138. The maximum absolute atomic E-state index is 13.1. The number of piperazine rings is 1. The lowest BCUT2D eigenvalue weighted by atomic mass is 10.0. The number of rotatable bonds is 2. The monoisotopic (exact) mass is 299 g/mol. The van der Waals surface area contributed by atoms with Crippen LogP contribution in [0.15, 0.2) is 18.2 Å². The molecule has 1 N–H and O–H groups in total. The summed E-state index contributed by atoms with van der Waals surface area (Å²) >= 11 is 0. The summed E-state index contributed by atoms with van der Waals surface area (Å²) in [5.74, 6) is 0. The van der Waals surface area contributed by atoms with Crippen LogP contribution in [-0.2, 0) is 12.6 Å². The third-order valence-electron chi connectivity index (χ3n) is 4.50. The van der Waals surface area contributed by atoms with E-state index in [1.807, 2.05) is 11.9 Å². The Balaban J connectivity index is 1.79. The zero-order valence-corrected chi connectivity index (χ0v) is 12.1. The van der Waals surface area contributed by atoms with E-state index in [0.29, 0.717) is 12.0 Å². The minimum Gasteiger partial charge on any atom is -0.370 e. The Hall–Kier alpha value is -1.27. The molecule has 0 bridgehead atoms. The van der Waals surface area contributed by atoms with Crippen molar-refractivity contribution >= 4 is 5.69 Å². The Bertz CT molecular complexity index is 509. The van der Waals surface area contributed by atoms with E-state index in [2.05, 4.69) is 10.2 Å². The number of benzene rings is 1. The molecule has 1 unspecified atom stereocenters. The van der Waals surface area contributed by atoms with Gasteiger partial charge in [-0.25, -0.2) is 0 Å². The summed E-state index contributed by atoms with van der Waals surface area (Å²) in [6, 6.07) is 4.62. The highest BCUT2D eigenvalue weighted by Crippen LogP contribution is 2.40. The van der Waals surface area contributed by atoms with Crippen molar-refractivity contribution in [2.24, 2.45) is 0 Å². The second-order valence-corrected chi connectivity index (χ2v) is 5.82. The molecule has 116 valence electrons. The van der Waals surface area contributed by atoms with Crippen LogP contribution in [0.2, 0.25) is 0 Å². The minimum atomic E-state index is -4.27. The number of halogens is 3. The number of hydrogen-bond donors (Lipinski definition) is 1. The maximum Gasteiger partial charge on any atom is 0.416 e. The van der Waals surface area contributed by atoms with Crippen molar-refractivity contribution in [1.82, 2.24) is 10.2 Å². The van der Waals surface area contributed by atoms with Gasteiger partial charge < -0.3 is 10.2 Å². The molecule has 1 aromatic carbocycles. The maximum atomic E-state index is 13.1. The van der Waals surface area contributed by atoms with Gasteiger partial charge in [-0.2, -0.15) is 13.2 Å². The van der Waals surface area contributed by atoms with Gasteiger partial charge >= 0.3 is 6.18 Å². The average Bonchev–Trinajstić information content (AvgIpc) is 2.76. The molecule has 0 aliphatic carbocycles.